The largest absolute Gasteiger partial charge is 0.490 e. The molecule has 4 rings (SSSR count). The Morgan fingerprint density at radius 3 is 2.42 bits per heavy atom. The predicted octanol–water partition coefficient (Wildman–Crippen LogP) is 4.44. The van der Waals surface area contributed by atoms with Crippen molar-refractivity contribution in [2.75, 3.05) is 13.1 Å². The first kappa shape index (κ1) is 26.9. The molecule has 2 aromatic carbocycles. The smallest absolute Gasteiger partial charge is 0.475 e. The highest BCUT2D eigenvalue weighted by Crippen LogP contribution is 2.25. The number of carboxylic acid groups (broad SMARTS) is 1. The Morgan fingerprint density at radius 1 is 1.11 bits per heavy atom. The van der Waals surface area contributed by atoms with Crippen LogP contribution in [0.3, 0.4) is 0 Å². The highest BCUT2D eigenvalue weighted by Gasteiger charge is 2.38. The summed E-state index contributed by atoms with van der Waals surface area (Å²) in [5.41, 5.74) is 2.90. The molecule has 1 aliphatic rings. The molecule has 36 heavy (non-hydrogen) atoms. The Morgan fingerprint density at radius 2 is 1.78 bits per heavy atom. The van der Waals surface area contributed by atoms with E-state index >= 15 is 0 Å². The second-order valence-corrected chi connectivity index (χ2v) is 8.26. The molecule has 2 N–H and O–H groups in total. The third-order valence-electron chi connectivity index (χ3n) is 5.50. The summed E-state index contributed by atoms with van der Waals surface area (Å²) >= 11 is 0. The molecule has 3 aromatic rings. The molecule has 2 heterocycles. The fraction of sp³-hybridized carbons (Fsp3) is 0.320. The molecule has 192 valence electrons. The highest BCUT2D eigenvalue weighted by molar-refractivity contribution is 5.77. The lowest BCUT2D eigenvalue weighted by atomic mass is 10.1. The van der Waals surface area contributed by atoms with Crippen LogP contribution in [0.15, 0.2) is 65.3 Å². The number of halogens is 4. The van der Waals surface area contributed by atoms with Gasteiger partial charge in [0, 0.05) is 43.2 Å². The van der Waals surface area contributed by atoms with Crippen molar-refractivity contribution in [1.82, 2.24) is 15.4 Å². The van der Waals surface area contributed by atoms with Gasteiger partial charge in [0.15, 0.2) is 5.76 Å². The van der Waals surface area contributed by atoms with Crippen LogP contribution in [0.5, 0.6) is 0 Å². The van der Waals surface area contributed by atoms with Crippen LogP contribution in [0.25, 0.3) is 11.3 Å². The summed E-state index contributed by atoms with van der Waals surface area (Å²) in [7, 11) is 0. The molecule has 1 unspecified atom stereocenters. The molecule has 7 nitrogen and oxygen atoms in total. The van der Waals surface area contributed by atoms with E-state index in [9.17, 15) is 22.4 Å². The molecule has 1 aliphatic heterocycles. The van der Waals surface area contributed by atoms with Gasteiger partial charge in [0.1, 0.15) is 5.82 Å². The van der Waals surface area contributed by atoms with E-state index in [1.807, 2.05) is 6.07 Å². The summed E-state index contributed by atoms with van der Waals surface area (Å²) in [6, 6.07) is 16.6. The first-order valence-electron chi connectivity index (χ1n) is 11.2. The normalized spacial score (nSPS) is 15.7. The third kappa shape index (κ3) is 8.19. The molecule has 1 fully saturated rings. The Labute approximate surface area is 204 Å². The summed E-state index contributed by atoms with van der Waals surface area (Å²) in [4.78, 5) is 23.7. The average molecular weight is 507 g/mol. The van der Waals surface area contributed by atoms with Crippen LogP contribution in [-0.4, -0.2) is 52.3 Å². The number of likely N-dealkylation sites (tertiary alicyclic amines) is 1. The van der Waals surface area contributed by atoms with E-state index in [1.165, 1.54) is 17.7 Å². The van der Waals surface area contributed by atoms with Crippen LogP contribution in [0.2, 0.25) is 0 Å². The number of aliphatic carboxylic acids is 1. The summed E-state index contributed by atoms with van der Waals surface area (Å²) in [5, 5.41) is 14.1. The number of nitrogens with zero attached hydrogens (tertiary/aromatic N) is 2. The molecule has 1 saturated heterocycles. The molecule has 1 aromatic heterocycles. The van der Waals surface area contributed by atoms with Crippen molar-refractivity contribution in [2.24, 2.45) is 0 Å². The van der Waals surface area contributed by atoms with Gasteiger partial charge in [0.2, 0.25) is 5.91 Å². The molecular weight excluding hydrogens is 482 g/mol. The van der Waals surface area contributed by atoms with E-state index in [-0.39, 0.29) is 17.8 Å². The molecule has 0 spiro atoms. The fourth-order valence-corrected chi connectivity index (χ4v) is 3.76. The number of aromatic nitrogens is 1. The zero-order valence-corrected chi connectivity index (χ0v) is 19.2. The molecular formula is C25H25F4N3O4. The molecule has 1 atom stereocenters. The Hall–Kier alpha value is -3.73. The van der Waals surface area contributed by atoms with Gasteiger partial charge in [0.05, 0.1) is 6.20 Å². The van der Waals surface area contributed by atoms with Crippen LogP contribution in [0.1, 0.15) is 24.0 Å². The van der Waals surface area contributed by atoms with E-state index in [4.69, 9.17) is 14.4 Å². The SMILES string of the molecule is O=C(CCc1cnoc1-c1ccc(F)cc1)NC1CCN(Cc2ccccc2)C1.O=C(O)C(F)(F)F. The lowest BCUT2D eigenvalue weighted by Gasteiger charge is -2.16. The van der Waals surface area contributed by atoms with Crippen molar-refractivity contribution >= 4 is 11.9 Å². The minimum atomic E-state index is -5.08. The lowest BCUT2D eigenvalue weighted by molar-refractivity contribution is -0.192. The van der Waals surface area contributed by atoms with Gasteiger partial charge in [-0.2, -0.15) is 13.2 Å². The number of amides is 1. The van der Waals surface area contributed by atoms with E-state index in [0.29, 0.717) is 18.6 Å². The Balaban J connectivity index is 0.000000454. The fourth-order valence-electron chi connectivity index (χ4n) is 3.76. The van der Waals surface area contributed by atoms with Crippen molar-refractivity contribution in [3.8, 4) is 11.3 Å². The molecule has 0 bridgehead atoms. The third-order valence-corrected chi connectivity index (χ3v) is 5.50. The number of hydrogen-bond acceptors (Lipinski definition) is 5. The number of nitrogens with one attached hydrogen (secondary N) is 1. The first-order valence-corrected chi connectivity index (χ1v) is 11.2. The van der Waals surface area contributed by atoms with Crippen molar-refractivity contribution in [3.05, 3.63) is 77.7 Å². The van der Waals surface area contributed by atoms with Gasteiger partial charge in [-0.3, -0.25) is 9.69 Å². The van der Waals surface area contributed by atoms with Crippen LogP contribution in [0, 0.1) is 5.82 Å². The van der Waals surface area contributed by atoms with Crippen molar-refractivity contribution < 1.29 is 36.8 Å². The van der Waals surface area contributed by atoms with Gasteiger partial charge in [-0.15, -0.1) is 0 Å². The first-order chi connectivity index (χ1) is 17.1. The summed E-state index contributed by atoms with van der Waals surface area (Å²) in [6.45, 7) is 2.77. The quantitative estimate of drug-likeness (QED) is 0.460. The van der Waals surface area contributed by atoms with Gasteiger partial charge < -0.3 is 14.9 Å². The maximum Gasteiger partial charge on any atom is 0.490 e. The van der Waals surface area contributed by atoms with Gasteiger partial charge in [0.25, 0.3) is 0 Å². The second kappa shape index (κ2) is 12.3. The van der Waals surface area contributed by atoms with Gasteiger partial charge in [-0.05, 0) is 42.7 Å². The molecule has 0 radical (unpaired) electrons. The number of rotatable bonds is 7. The van der Waals surface area contributed by atoms with Gasteiger partial charge in [-0.1, -0.05) is 35.5 Å². The predicted molar refractivity (Wildman–Crippen MR) is 122 cm³/mol. The minimum absolute atomic E-state index is 0.0304. The lowest BCUT2D eigenvalue weighted by Crippen LogP contribution is -2.37. The number of carbonyl (C=O) groups is 2. The summed E-state index contributed by atoms with van der Waals surface area (Å²) < 4.78 is 50.2. The molecule has 1 amide bonds. The van der Waals surface area contributed by atoms with Crippen LogP contribution in [-0.2, 0) is 22.6 Å². The Bertz CT molecular complexity index is 1130. The number of carboxylic acids is 1. The number of alkyl halides is 3. The average Bonchev–Trinajstić information content (AvgIpc) is 3.48. The standard InChI is InChI=1S/C23H24FN3O2.C2HF3O2/c24-20-9-6-18(7-10-20)23-19(14-25-29-23)8-11-22(28)26-21-12-13-27(16-21)15-17-4-2-1-3-5-17;3-2(4,5)1(6)7/h1-7,9-10,14,21H,8,11-13,15-16H2,(H,26,28);(H,6,7). The van der Waals surface area contributed by atoms with Crippen LogP contribution in [0.4, 0.5) is 17.6 Å². The molecule has 0 aliphatic carbocycles. The molecule has 0 saturated carbocycles. The van der Waals surface area contributed by atoms with Crippen molar-refractivity contribution in [2.45, 2.75) is 38.0 Å². The topological polar surface area (TPSA) is 95.7 Å². The van der Waals surface area contributed by atoms with Gasteiger partial charge >= 0.3 is 12.1 Å². The number of benzene rings is 2. The van der Waals surface area contributed by atoms with Crippen LogP contribution >= 0.6 is 0 Å². The summed E-state index contributed by atoms with van der Waals surface area (Å²) in [5.74, 6) is -2.44. The monoisotopic (exact) mass is 507 g/mol. The van der Waals surface area contributed by atoms with Gasteiger partial charge in [-0.25, -0.2) is 9.18 Å². The number of aryl methyl sites for hydroxylation is 1. The maximum atomic E-state index is 13.1. The van der Waals surface area contributed by atoms with Crippen molar-refractivity contribution in [1.29, 1.82) is 0 Å². The van der Waals surface area contributed by atoms with E-state index < -0.39 is 12.1 Å². The van der Waals surface area contributed by atoms with E-state index in [2.05, 4.69) is 39.6 Å². The van der Waals surface area contributed by atoms with E-state index in [1.54, 1.807) is 18.3 Å². The highest BCUT2D eigenvalue weighted by atomic mass is 19.4. The molecule has 11 heteroatoms. The number of carbonyl (C=O) groups excluding carboxylic acids is 1. The minimum Gasteiger partial charge on any atom is -0.475 e. The second-order valence-electron chi connectivity index (χ2n) is 8.26. The number of hydrogen-bond donors (Lipinski definition) is 2. The zero-order valence-electron chi connectivity index (χ0n) is 19.2. The maximum absolute atomic E-state index is 13.1. The Kier molecular flexibility index (Phi) is 9.18. The van der Waals surface area contributed by atoms with E-state index in [0.717, 1.165) is 37.2 Å². The summed E-state index contributed by atoms with van der Waals surface area (Å²) in [6.07, 6.45) is -1.59. The van der Waals surface area contributed by atoms with Crippen molar-refractivity contribution in [3.63, 3.8) is 0 Å². The zero-order chi connectivity index (χ0) is 26.1. The van der Waals surface area contributed by atoms with Crippen LogP contribution < -0.4 is 5.32 Å².